The van der Waals surface area contributed by atoms with Crippen molar-refractivity contribution in [3.63, 3.8) is 0 Å². The first-order valence-electron chi connectivity index (χ1n) is 10.7. The predicted molar refractivity (Wildman–Crippen MR) is 120 cm³/mol. The van der Waals surface area contributed by atoms with Gasteiger partial charge in [0.25, 0.3) is 0 Å². The molecule has 0 aliphatic carbocycles. The van der Waals surface area contributed by atoms with Gasteiger partial charge in [0, 0.05) is 37.6 Å². The van der Waals surface area contributed by atoms with Crippen molar-refractivity contribution in [3.8, 4) is 0 Å². The molecule has 1 aromatic carbocycles. The molecule has 2 aliphatic heterocycles. The SMILES string of the molecule is CC(C)(C)OC(=O)N1CC(Nc2nc(Nc3ccc(N4CCOCC4)cc3)ncc2F)C1. The van der Waals surface area contributed by atoms with Gasteiger partial charge in [-0.05, 0) is 45.0 Å². The van der Waals surface area contributed by atoms with E-state index in [2.05, 4.69) is 25.5 Å². The van der Waals surface area contributed by atoms with Crippen molar-refractivity contribution in [1.82, 2.24) is 14.9 Å². The maximum atomic E-state index is 14.2. The van der Waals surface area contributed by atoms with Crippen LogP contribution in [-0.4, -0.2) is 72.0 Å². The third-order valence-corrected chi connectivity index (χ3v) is 5.12. The van der Waals surface area contributed by atoms with Gasteiger partial charge in [-0.1, -0.05) is 0 Å². The molecule has 0 spiro atoms. The van der Waals surface area contributed by atoms with E-state index < -0.39 is 11.4 Å². The second-order valence-electron chi connectivity index (χ2n) is 8.89. The first-order valence-corrected chi connectivity index (χ1v) is 10.7. The van der Waals surface area contributed by atoms with Crippen molar-refractivity contribution in [2.45, 2.75) is 32.4 Å². The van der Waals surface area contributed by atoms with Gasteiger partial charge in [0.15, 0.2) is 11.6 Å². The highest BCUT2D eigenvalue weighted by molar-refractivity contribution is 5.69. The van der Waals surface area contributed by atoms with Crippen LogP contribution in [-0.2, 0) is 9.47 Å². The van der Waals surface area contributed by atoms with E-state index in [0.29, 0.717) is 13.1 Å². The van der Waals surface area contributed by atoms with Gasteiger partial charge < -0.3 is 29.9 Å². The fourth-order valence-corrected chi connectivity index (χ4v) is 3.47. The predicted octanol–water partition coefficient (Wildman–Crippen LogP) is 3.23. The van der Waals surface area contributed by atoms with Gasteiger partial charge >= 0.3 is 6.09 Å². The topological polar surface area (TPSA) is 91.8 Å². The summed E-state index contributed by atoms with van der Waals surface area (Å²) in [5.41, 5.74) is 1.38. The molecule has 10 heteroatoms. The van der Waals surface area contributed by atoms with Crippen LogP contribution >= 0.6 is 0 Å². The van der Waals surface area contributed by atoms with Crippen molar-refractivity contribution in [1.29, 1.82) is 0 Å². The van der Waals surface area contributed by atoms with Crippen LogP contribution in [0.3, 0.4) is 0 Å². The van der Waals surface area contributed by atoms with Crippen LogP contribution in [0.2, 0.25) is 0 Å². The Morgan fingerprint density at radius 1 is 1.19 bits per heavy atom. The Balaban J connectivity index is 1.33. The number of rotatable bonds is 5. The molecular formula is C22H29FN6O3. The number of carbonyl (C=O) groups is 1. The number of amides is 1. The summed E-state index contributed by atoms with van der Waals surface area (Å²) in [6.07, 6.45) is 0.756. The molecular weight excluding hydrogens is 415 g/mol. The summed E-state index contributed by atoms with van der Waals surface area (Å²) in [7, 11) is 0. The van der Waals surface area contributed by atoms with Crippen molar-refractivity contribution in [2.24, 2.45) is 0 Å². The molecule has 2 aromatic rings. The van der Waals surface area contributed by atoms with Gasteiger partial charge in [-0.15, -0.1) is 0 Å². The van der Waals surface area contributed by atoms with E-state index in [9.17, 15) is 9.18 Å². The van der Waals surface area contributed by atoms with Gasteiger partial charge in [-0.2, -0.15) is 4.98 Å². The lowest BCUT2D eigenvalue weighted by atomic mass is 10.1. The van der Waals surface area contributed by atoms with E-state index in [0.717, 1.165) is 43.9 Å². The van der Waals surface area contributed by atoms with E-state index in [4.69, 9.17) is 9.47 Å². The molecule has 3 heterocycles. The molecule has 1 aromatic heterocycles. The number of nitrogens with zero attached hydrogens (tertiary/aromatic N) is 4. The quantitative estimate of drug-likeness (QED) is 0.726. The number of morpholine rings is 1. The van der Waals surface area contributed by atoms with E-state index >= 15 is 0 Å². The summed E-state index contributed by atoms with van der Waals surface area (Å²) in [6, 6.07) is 7.82. The summed E-state index contributed by atoms with van der Waals surface area (Å²) >= 11 is 0. The lowest BCUT2D eigenvalue weighted by Crippen LogP contribution is -2.58. The van der Waals surface area contributed by atoms with Crippen molar-refractivity contribution < 1.29 is 18.7 Å². The highest BCUT2D eigenvalue weighted by Gasteiger charge is 2.34. The van der Waals surface area contributed by atoms with Crippen molar-refractivity contribution >= 4 is 29.2 Å². The second-order valence-corrected chi connectivity index (χ2v) is 8.89. The first-order chi connectivity index (χ1) is 15.3. The lowest BCUT2D eigenvalue weighted by molar-refractivity contribution is 0.0104. The first kappa shape index (κ1) is 22.1. The number of halogens is 1. The van der Waals surface area contributed by atoms with Crippen LogP contribution in [0.4, 0.5) is 32.3 Å². The minimum absolute atomic E-state index is 0.0984. The third-order valence-electron chi connectivity index (χ3n) is 5.12. The fourth-order valence-electron chi connectivity index (χ4n) is 3.47. The molecule has 2 saturated heterocycles. The number of anilines is 4. The highest BCUT2D eigenvalue weighted by Crippen LogP contribution is 2.23. The second kappa shape index (κ2) is 9.15. The Bertz CT molecular complexity index is 938. The van der Waals surface area contributed by atoms with E-state index in [1.165, 1.54) is 0 Å². The smallest absolute Gasteiger partial charge is 0.410 e. The zero-order chi connectivity index (χ0) is 22.7. The van der Waals surface area contributed by atoms with Gasteiger partial charge in [0.05, 0.1) is 25.5 Å². The number of carbonyl (C=O) groups excluding carboxylic acids is 1. The molecule has 0 radical (unpaired) electrons. The largest absolute Gasteiger partial charge is 0.444 e. The lowest BCUT2D eigenvalue weighted by Gasteiger charge is -2.40. The molecule has 9 nitrogen and oxygen atoms in total. The minimum atomic E-state index is -0.547. The number of nitrogens with one attached hydrogen (secondary N) is 2. The highest BCUT2D eigenvalue weighted by atomic mass is 19.1. The van der Waals surface area contributed by atoms with E-state index in [1.54, 1.807) is 4.90 Å². The van der Waals surface area contributed by atoms with Crippen molar-refractivity contribution in [3.05, 3.63) is 36.3 Å². The number of hydrogen-bond acceptors (Lipinski definition) is 8. The van der Waals surface area contributed by atoms with Crippen LogP contribution in [0.15, 0.2) is 30.5 Å². The van der Waals surface area contributed by atoms with Gasteiger partial charge in [0.2, 0.25) is 5.95 Å². The third kappa shape index (κ3) is 5.56. The number of benzene rings is 1. The number of likely N-dealkylation sites (tertiary alicyclic amines) is 1. The van der Waals surface area contributed by atoms with Crippen LogP contribution < -0.4 is 15.5 Å². The molecule has 0 saturated carbocycles. The van der Waals surface area contributed by atoms with Gasteiger partial charge in [0.1, 0.15) is 5.60 Å². The number of aromatic nitrogens is 2. The van der Waals surface area contributed by atoms with E-state index in [-0.39, 0.29) is 23.9 Å². The van der Waals surface area contributed by atoms with E-state index in [1.807, 2.05) is 45.0 Å². The summed E-state index contributed by atoms with van der Waals surface area (Å²) in [6.45, 7) is 9.51. The number of ether oxygens (including phenoxy) is 2. The van der Waals surface area contributed by atoms with Crippen LogP contribution in [0, 0.1) is 5.82 Å². The average molecular weight is 445 g/mol. The summed E-state index contributed by atoms with van der Waals surface area (Å²) in [5.74, 6) is -0.161. The maximum Gasteiger partial charge on any atom is 0.410 e. The Kier molecular flexibility index (Phi) is 6.31. The Morgan fingerprint density at radius 2 is 1.88 bits per heavy atom. The fraction of sp³-hybridized carbons (Fsp3) is 0.500. The Hall–Kier alpha value is -3.14. The normalized spacial score (nSPS) is 17.0. The van der Waals surface area contributed by atoms with Crippen molar-refractivity contribution in [2.75, 3.05) is 54.9 Å². The molecule has 0 bridgehead atoms. The van der Waals surface area contributed by atoms with Crippen LogP contribution in [0.25, 0.3) is 0 Å². The summed E-state index contributed by atoms with van der Waals surface area (Å²) in [5, 5.41) is 6.15. The maximum absolute atomic E-state index is 14.2. The van der Waals surface area contributed by atoms with Gasteiger partial charge in [-0.25, -0.2) is 14.2 Å². The summed E-state index contributed by atoms with van der Waals surface area (Å²) in [4.78, 5) is 24.2. The molecule has 0 atom stereocenters. The zero-order valence-electron chi connectivity index (χ0n) is 18.6. The molecule has 1 amide bonds. The molecule has 4 rings (SSSR count). The minimum Gasteiger partial charge on any atom is -0.444 e. The standard InChI is InChI=1S/C22H29FN6O3/c1-22(2,3)32-21(30)29-13-16(14-29)25-19-18(23)12-24-20(27-19)26-15-4-6-17(7-5-15)28-8-10-31-11-9-28/h4-7,12,16H,8-11,13-14H2,1-3H3,(H2,24,25,26,27). The molecule has 32 heavy (non-hydrogen) atoms. The summed E-state index contributed by atoms with van der Waals surface area (Å²) < 4.78 is 25.0. The molecule has 2 fully saturated rings. The Labute approximate surface area is 186 Å². The molecule has 2 aliphatic rings. The van der Waals surface area contributed by atoms with Crippen LogP contribution in [0.5, 0.6) is 0 Å². The monoisotopic (exact) mass is 444 g/mol. The molecule has 2 N–H and O–H groups in total. The van der Waals surface area contributed by atoms with Gasteiger partial charge in [-0.3, -0.25) is 0 Å². The molecule has 0 unspecified atom stereocenters. The Morgan fingerprint density at radius 3 is 2.53 bits per heavy atom. The zero-order valence-corrected chi connectivity index (χ0v) is 18.6. The molecule has 172 valence electrons. The van der Waals surface area contributed by atoms with Crippen LogP contribution in [0.1, 0.15) is 20.8 Å². The number of hydrogen-bond donors (Lipinski definition) is 2. The average Bonchev–Trinajstić information content (AvgIpc) is 2.72.